The average molecular weight is 334 g/mol. The van der Waals surface area contributed by atoms with Gasteiger partial charge in [0.1, 0.15) is 0 Å². The fourth-order valence-corrected chi connectivity index (χ4v) is 2.53. The predicted octanol–water partition coefficient (Wildman–Crippen LogP) is 5.16. The average Bonchev–Trinajstić information content (AvgIpc) is 2.89. The molecule has 1 heterocycles. The zero-order valence-electron chi connectivity index (χ0n) is 9.90. The van der Waals surface area contributed by atoms with Crippen molar-refractivity contribution in [2.75, 3.05) is 0 Å². The first-order chi connectivity index (χ1) is 9.24. The first kappa shape index (κ1) is 12.5. The van der Waals surface area contributed by atoms with Crippen molar-refractivity contribution in [3.8, 4) is 22.5 Å². The third kappa shape index (κ3) is 2.57. The van der Waals surface area contributed by atoms with E-state index in [9.17, 15) is 0 Å². The van der Waals surface area contributed by atoms with Crippen molar-refractivity contribution >= 4 is 27.5 Å². The van der Waals surface area contributed by atoms with Gasteiger partial charge < -0.3 is 0 Å². The highest BCUT2D eigenvalue weighted by Crippen LogP contribution is 2.29. The highest BCUT2D eigenvalue weighted by Gasteiger charge is 2.07. The minimum absolute atomic E-state index is 0.727. The van der Waals surface area contributed by atoms with Crippen LogP contribution in [0.25, 0.3) is 22.5 Å². The van der Waals surface area contributed by atoms with Gasteiger partial charge in [-0.3, -0.25) is 5.10 Å². The van der Waals surface area contributed by atoms with Crippen LogP contribution in [0.4, 0.5) is 0 Å². The van der Waals surface area contributed by atoms with Crippen molar-refractivity contribution < 1.29 is 0 Å². The highest BCUT2D eigenvalue weighted by atomic mass is 79.9. The molecule has 0 bridgehead atoms. The normalized spacial score (nSPS) is 10.6. The lowest BCUT2D eigenvalue weighted by atomic mass is 10.1. The number of nitrogens with zero attached hydrogens (tertiary/aromatic N) is 1. The maximum absolute atomic E-state index is 5.89. The van der Waals surface area contributed by atoms with E-state index in [0.29, 0.717) is 0 Å². The molecule has 0 spiro atoms. The number of aromatic amines is 1. The SMILES string of the molecule is Clc1ccc(-c2cc(-c3ccccc3Br)[nH]n2)cc1. The number of H-pyrrole nitrogens is 1. The maximum Gasteiger partial charge on any atom is 0.0927 e. The summed E-state index contributed by atoms with van der Waals surface area (Å²) in [6.07, 6.45) is 0. The predicted molar refractivity (Wildman–Crippen MR) is 82.2 cm³/mol. The Bertz CT molecular complexity index is 704. The minimum Gasteiger partial charge on any atom is -0.277 e. The third-order valence-electron chi connectivity index (χ3n) is 2.88. The van der Waals surface area contributed by atoms with Crippen LogP contribution in [-0.4, -0.2) is 10.2 Å². The Labute approximate surface area is 124 Å². The molecule has 0 saturated carbocycles. The zero-order valence-corrected chi connectivity index (χ0v) is 12.2. The topological polar surface area (TPSA) is 28.7 Å². The number of hydrogen-bond acceptors (Lipinski definition) is 1. The first-order valence-corrected chi connectivity index (χ1v) is 6.97. The summed E-state index contributed by atoms with van der Waals surface area (Å²) in [5.41, 5.74) is 4.02. The summed E-state index contributed by atoms with van der Waals surface area (Å²) in [4.78, 5) is 0. The molecule has 0 fully saturated rings. The Balaban J connectivity index is 2.00. The summed E-state index contributed by atoms with van der Waals surface area (Å²) < 4.78 is 1.04. The second-order valence-corrected chi connectivity index (χ2v) is 5.44. The van der Waals surface area contributed by atoms with Crippen LogP contribution in [0.5, 0.6) is 0 Å². The van der Waals surface area contributed by atoms with Gasteiger partial charge in [0.05, 0.1) is 11.4 Å². The van der Waals surface area contributed by atoms with Crippen LogP contribution in [0.1, 0.15) is 0 Å². The number of benzene rings is 2. The number of aromatic nitrogens is 2. The van der Waals surface area contributed by atoms with Crippen LogP contribution in [0.15, 0.2) is 59.1 Å². The molecule has 2 aromatic carbocycles. The molecule has 3 rings (SSSR count). The summed E-state index contributed by atoms with van der Waals surface area (Å²) in [7, 11) is 0. The number of nitrogens with one attached hydrogen (secondary N) is 1. The molecule has 0 saturated heterocycles. The van der Waals surface area contributed by atoms with Crippen LogP contribution < -0.4 is 0 Å². The lowest BCUT2D eigenvalue weighted by molar-refractivity contribution is 1.10. The Morgan fingerprint density at radius 3 is 2.47 bits per heavy atom. The van der Waals surface area contributed by atoms with E-state index in [1.807, 2.05) is 54.6 Å². The van der Waals surface area contributed by atoms with Crippen molar-refractivity contribution in [3.05, 3.63) is 64.1 Å². The molecule has 0 amide bonds. The highest BCUT2D eigenvalue weighted by molar-refractivity contribution is 9.10. The Kier molecular flexibility index (Phi) is 3.40. The number of hydrogen-bond donors (Lipinski definition) is 1. The van der Waals surface area contributed by atoms with Crippen LogP contribution >= 0.6 is 27.5 Å². The second kappa shape index (κ2) is 5.19. The molecular formula is C15H10BrClN2. The van der Waals surface area contributed by atoms with E-state index in [4.69, 9.17) is 11.6 Å². The van der Waals surface area contributed by atoms with Gasteiger partial charge in [0, 0.05) is 20.6 Å². The molecule has 1 aromatic heterocycles. The van der Waals surface area contributed by atoms with Crippen LogP contribution in [0, 0.1) is 0 Å². The van der Waals surface area contributed by atoms with Gasteiger partial charge in [-0.05, 0) is 24.3 Å². The molecule has 0 unspecified atom stereocenters. The summed E-state index contributed by atoms with van der Waals surface area (Å²) in [5.74, 6) is 0. The fraction of sp³-hybridized carbons (Fsp3) is 0. The van der Waals surface area contributed by atoms with E-state index >= 15 is 0 Å². The molecule has 0 aliphatic rings. The van der Waals surface area contributed by atoms with E-state index in [1.54, 1.807) is 0 Å². The molecule has 1 N–H and O–H groups in total. The molecule has 0 aliphatic carbocycles. The zero-order chi connectivity index (χ0) is 13.2. The van der Waals surface area contributed by atoms with E-state index in [-0.39, 0.29) is 0 Å². The molecule has 0 aliphatic heterocycles. The van der Waals surface area contributed by atoms with Gasteiger partial charge in [0.2, 0.25) is 0 Å². The van der Waals surface area contributed by atoms with Gasteiger partial charge in [-0.2, -0.15) is 5.10 Å². The monoisotopic (exact) mass is 332 g/mol. The van der Waals surface area contributed by atoms with Crippen LogP contribution in [0.3, 0.4) is 0 Å². The minimum atomic E-state index is 0.727. The van der Waals surface area contributed by atoms with E-state index in [0.717, 1.165) is 32.0 Å². The quantitative estimate of drug-likeness (QED) is 0.689. The molecule has 0 radical (unpaired) electrons. The smallest absolute Gasteiger partial charge is 0.0927 e. The number of rotatable bonds is 2. The molecule has 2 nitrogen and oxygen atoms in total. The third-order valence-corrected chi connectivity index (χ3v) is 3.83. The molecule has 19 heavy (non-hydrogen) atoms. The van der Waals surface area contributed by atoms with E-state index in [1.165, 1.54) is 0 Å². The standard InChI is InChI=1S/C15H10BrClN2/c16-13-4-2-1-3-12(13)15-9-14(18-19-15)10-5-7-11(17)8-6-10/h1-9H,(H,18,19). The molecule has 3 aromatic rings. The van der Waals surface area contributed by atoms with Gasteiger partial charge in [0.25, 0.3) is 0 Å². The largest absolute Gasteiger partial charge is 0.277 e. The molecule has 94 valence electrons. The summed E-state index contributed by atoms with van der Waals surface area (Å²) in [6.45, 7) is 0. The number of halogens is 2. The molecule has 0 atom stereocenters. The van der Waals surface area contributed by atoms with Crippen molar-refractivity contribution in [3.63, 3.8) is 0 Å². The lowest BCUT2D eigenvalue weighted by Crippen LogP contribution is -1.78. The summed E-state index contributed by atoms with van der Waals surface area (Å²) in [5, 5.41) is 8.13. The van der Waals surface area contributed by atoms with Crippen molar-refractivity contribution in [1.82, 2.24) is 10.2 Å². The Morgan fingerprint density at radius 1 is 1.00 bits per heavy atom. The lowest BCUT2D eigenvalue weighted by Gasteiger charge is -1.99. The fourth-order valence-electron chi connectivity index (χ4n) is 1.91. The summed E-state index contributed by atoms with van der Waals surface area (Å²) >= 11 is 9.43. The van der Waals surface area contributed by atoms with Crippen molar-refractivity contribution in [2.45, 2.75) is 0 Å². The Morgan fingerprint density at radius 2 is 1.74 bits per heavy atom. The van der Waals surface area contributed by atoms with Crippen LogP contribution in [-0.2, 0) is 0 Å². The molecular weight excluding hydrogens is 324 g/mol. The van der Waals surface area contributed by atoms with Gasteiger partial charge in [-0.1, -0.05) is 57.9 Å². The molecule has 4 heteroatoms. The van der Waals surface area contributed by atoms with Crippen LogP contribution in [0.2, 0.25) is 5.02 Å². The van der Waals surface area contributed by atoms with Gasteiger partial charge in [0.15, 0.2) is 0 Å². The summed E-state index contributed by atoms with van der Waals surface area (Å²) in [6, 6.07) is 17.7. The van der Waals surface area contributed by atoms with Gasteiger partial charge in [-0.25, -0.2) is 0 Å². The maximum atomic E-state index is 5.89. The van der Waals surface area contributed by atoms with Crippen molar-refractivity contribution in [1.29, 1.82) is 0 Å². The second-order valence-electron chi connectivity index (χ2n) is 4.15. The Hall–Kier alpha value is -1.58. The van der Waals surface area contributed by atoms with E-state index < -0.39 is 0 Å². The van der Waals surface area contributed by atoms with E-state index in [2.05, 4.69) is 26.1 Å². The van der Waals surface area contributed by atoms with Crippen molar-refractivity contribution in [2.24, 2.45) is 0 Å². The van der Waals surface area contributed by atoms with Gasteiger partial charge >= 0.3 is 0 Å². The van der Waals surface area contributed by atoms with Gasteiger partial charge in [-0.15, -0.1) is 0 Å². The first-order valence-electron chi connectivity index (χ1n) is 5.80.